The minimum Gasteiger partial charge on any atom is -0.466 e. The highest BCUT2D eigenvalue weighted by molar-refractivity contribution is 5.72. The number of likely N-dealkylation sites (tertiary alicyclic amines) is 1. The largest absolute Gasteiger partial charge is 0.466 e. The Morgan fingerprint density at radius 1 is 1.63 bits per heavy atom. The molecule has 1 fully saturated rings. The van der Waals surface area contributed by atoms with Crippen LogP contribution in [0.15, 0.2) is 15.6 Å². The van der Waals surface area contributed by atoms with Crippen molar-refractivity contribution in [2.75, 3.05) is 19.7 Å². The lowest BCUT2D eigenvalue weighted by Crippen LogP contribution is -2.36. The number of aromatic nitrogens is 1. The number of carbonyl (C=O) groups excluding carboxylic acids is 1. The van der Waals surface area contributed by atoms with Gasteiger partial charge in [0.25, 0.3) is 0 Å². The topological polar surface area (TPSA) is 67.9 Å². The van der Waals surface area contributed by atoms with Crippen molar-refractivity contribution in [3.8, 4) is 0 Å². The number of piperidine rings is 1. The van der Waals surface area contributed by atoms with Crippen molar-refractivity contribution < 1.29 is 14.1 Å². The van der Waals surface area contributed by atoms with Crippen LogP contribution in [0.2, 0.25) is 0 Å². The lowest BCUT2D eigenvalue weighted by atomic mass is 9.97. The summed E-state index contributed by atoms with van der Waals surface area (Å²) in [4.78, 5) is 17.9. The molecule has 6 heteroatoms. The fourth-order valence-electron chi connectivity index (χ4n) is 2.07. The van der Waals surface area contributed by atoms with Gasteiger partial charge in [-0.05, 0) is 26.7 Å². The summed E-state index contributed by atoms with van der Waals surface area (Å²) >= 11 is 0. The minimum absolute atomic E-state index is 0.0268. The van der Waals surface area contributed by atoms with E-state index in [9.17, 15) is 4.79 Å². The van der Waals surface area contributed by atoms with Gasteiger partial charge in [-0.3, -0.25) is 4.79 Å². The summed E-state index contributed by atoms with van der Waals surface area (Å²) in [6, 6.07) is 1.78. The van der Waals surface area contributed by atoms with Gasteiger partial charge >= 0.3 is 5.97 Å². The molecule has 0 radical (unpaired) electrons. The van der Waals surface area contributed by atoms with Crippen LogP contribution in [0.5, 0.6) is 0 Å². The Morgan fingerprint density at radius 2 is 2.37 bits per heavy atom. The molecule has 1 aliphatic rings. The molecular weight excluding hydrogens is 246 g/mol. The third-order valence-corrected chi connectivity index (χ3v) is 3.12. The van der Waals surface area contributed by atoms with E-state index in [1.54, 1.807) is 12.4 Å². The van der Waals surface area contributed by atoms with Crippen LogP contribution in [-0.4, -0.2) is 42.1 Å². The summed E-state index contributed by atoms with van der Waals surface area (Å²) in [7, 11) is 0. The number of hydrogen-bond acceptors (Lipinski definition) is 5. The summed E-state index contributed by atoms with van der Waals surface area (Å²) in [5.41, 5.74) is 0. The molecule has 0 N–H and O–H groups in total. The number of nitrogens with zero attached hydrogens (tertiary/aromatic N) is 3. The maximum Gasteiger partial charge on any atom is 0.309 e. The van der Waals surface area contributed by atoms with Gasteiger partial charge in [0, 0.05) is 19.2 Å². The van der Waals surface area contributed by atoms with E-state index in [2.05, 4.69) is 15.0 Å². The molecule has 1 saturated heterocycles. The Labute approximate surface area is 112 Å². The average molecular weight is 265 g/mol. The molecule has 1 aliphatic heterocycles. The first kappa shape index (κ1) is 13.6. The first-order valence-electron chi connectivity index (χ1n) is 6.57. The minimum atomic E-state index is -0.0776. The SMILES string of the molecule is CCOC(=O)C1CCN(C=Nc2cc(C)on2)CC1. The number of rotatable bonds is 4. The van der Waals surface area contributed by atoms with Gasteiger partial charge < -0.3 is 14.2 Å². The van der Waals surface area contributed by atoms with Crippen LogP contribution in [0.25, 0.3) is 0 Å². The van der Waals surface area contributed by atoms with Crippen LogP contribution < -0.4 is 0 Å². The Balaban J connectivity index is 1.80. The van der Waals surface area contributed by atoms with Crippen LogP contribution in [0.1, 0.15) is 25.5 Å². The smallest absolute Gasteiger partial charge is 0.309 e. The number of aryl methyl sites for hydroxylation is 1. The molecule has 0 bridgehead atoms. The number of aliphatic imine (C=N–C) groups is 1. The lowest BCUT2D eigenvalue weighted by Gasteiger charge is -2.28. The van der Waals surface area contributed by atoms with Crippen molar-refractivity contribution in [3.63, 3.8) is 0 Å². The molecule has 1 aromatic heterocycles. The van der Waals surface area contributed by atoms with Crippen molar-refractivity contribution in [3.05, 3.63) is 11.8 Å². The number of esters is 1. The predicted molar refractivity (Wildman–Crippen MR) is 70.3 cm³/mol. The third-order valence-electron chi connectivity index (χ3n) is 3.12. The second-order valence-corrected chi connectivity index (χ2v) is 4.60. The molecule has 0 aliphatic carbocycles. The second kappa shape index (κ2) is 6.36. The van der Waals surface area contributed by atoms with Crippen LogP contribution in [0.3, 0.4) is 0 Å². The molecule has 0 amide bonds. The van der Waals surface area contributed by atoms with E-state index in [0.29, 0.717) is 12.4 Å². The standard InChI is InChI=1S/C13H19N3O3/c1-3-18-13(17)11-4-6-16(7-5-11)9-14-12-8-10(2)19-15-12/h8-9,11H,3-7H2,1-2H3. The summed E-state index contributed by atoms with van der Waals surface area (Å²) in [5.74, 6) is 1.27. The molecule has 0 aromatic carbocycles. The molecule has 2 heterocycles. The highest BCUT2D eigenvalue weighted by Gasteiger charge is 2.24. The Hall–Kier alpha value is -1.85. The van der Waals surface area contributed by atoms with Crippen LogP contribution in [-0.2, 0) is 9.53 Å². The van der Waals surface area contributed by atoms with E-state index >= 15 is 0 Å². The fraction of sp³-hybridized carbons (Fsp3) is 0.615. The summed E-state index contributed by atoms with van der Waals surface area (Å²) in [6.07, 6.45) is 3.38. The number of ether oxygens (including phenoxy) is 1. The van der Waals surface area contributed by atoms with E-state index in [0.717, 1.165) is 31.7 Å². The zero-order chi connectivity index (χ0) is 13.7. The molecule has 19 heavy (non-hydrogen) atoms. The summed E-state index contributed by atoms with van der Waals surface area (Å²) in [6.45, 7) is 5.73. The molecule has 1 aromatic rings. The number of hydrogen-bond donors (Lipinski definition) is 0. The monoisotopic (exact) mass is 265 g/mol. The molecule has 104 valence electrons. The zero-order valence-corrected chi connectivity index (χ0v) is 11.3. The summed E-state index contributed by atoms with van der Waals surface area (Å²) < 4.78 is 9.97. The Kier molecular flexibility index (Phi) is 4.54. The fourth-order valence-corrected chi connectivity index (χ4v) is 2.07. The quantitative estimate of drug-likeness (QED) is 0.472. The van der Waals surface area contributed by atoms with Gasteiger partial charge in [0.05, 0.1) is 18.9 Å². The maximum absolute atomic E-state index is 11.6. The predicted octanol–water partition coefficient (Wildman–Crippen LogP) is 1.92. The van der Waals surface area contributed by atoms with Crippen LogP contribution in [0, 0.1) is 12.8 Å². The van der Waals surface area contributed by atoms with Crippen molar-refractivity contribution >= 4 is 18.1 Å². The lowest BCUT2D eigenvalue weighted by molar-refractivity contribution is -0.149. The molecule has 0 spiro atoms. The van der Waals surface area contributed by atoms with Crippen molar-refractivity contribution in [2.45, 2.75) is 26.7 Å². The van der Waals surface area contributed by atoms with Crippen molar-refractivity contribution in [2.24, 2.45) is 10.9 Å². The molecule has 0 unspecified atom stereocenters. The number of carbonyl (C=O) groups is 1. The highest BCUT2D eigenvalue weighted by atomic mass is 16.5. The van der Waals surface area contributed by atoms with E-state index in [1.165, 1.54) is 0 Å². The van der Waals surface area contributed by atoms with Crippen molar-refractivity contribution in [1.29, 1.82) is 0 Å². The van der Waals surface area contributed by atoms with E-state index in [-0.39, 0.29) is 11.9 Å². The average Bonchev–Trinajstić information content (AvgIpc) is 2.83. The normalized spacial score (nSPS) is 17.1. The maximum atomic E-state index is 11.6. The van der Waals surface area contributed by atoms with Gasteiger partial charge in [-0.2, -0.15) is 0 Å². The zero-order valence-electron chi connectivity index (χ0n) is 11.3. The molecular formula is C13H19N3O3. The first-order valence-corrected chi connectivity index (χ1v) is 6.57. The molecule has 0 atom stereocenters. The van der Waals surface area contributed by atoms with E-state index in [1.807, 2.05) is 13.8 Å². The van der Waals surface area contributed by atoms with Gasteiger partial charge in [0.15, 0.2) is 5.82 Å². The second-order valence-electron chi connectivity index (χ2n) is 4.60. The molecule has 0 saturated carbocycles. The van der Waals surface area contributed by atoms with Gasteiger partial charge in [-0.25, -0.2) is 4.99 Å². The summed E-state index contributed by atoms with van der Waals surface area (Å²) in [5, 5.41) is 3.79. The van der Waals surface area contributed by atoms with Crippen molar-refractivity contribution in [1.82, 2.24) is 10.1 Å². The first-order chi connectivity index (χ1) is 9.19. The molecule has 6 nitrogen and oxygen atoms in total. The highest BCUT2D eigenvalue weighted by Crippen LogP contribution is 2.18. The Bertz CT molecular complexity index is 448. The van der Waals surface area contributed by atoms with E-state index in [4.69, 9.17) is 9.26 Å². The Morgan fingerprint density at radius 3 is 2.95 bits per heavy atom. The third kappa shape index (κ3) is 3.81. The van der Waals surface area contributed by atoms with Crippen LogP contribution >= 0.6 is 0 Å². The molecule has 2 rings (SSSR count). The van der Waals surface area contributed by atoms with Crippen LogP contribution in [0.4, 0.5) is 5.82 Å². The van der Waals surface area contributed by atoms with Gasteiger partial charge in [0.1, 0.15) is 5.76 Å². The van der Waals surface area contributed by atoms with Gasteiger partial charge in [0.2, 0.25) is 0 Å². The van der Waals surface area contributed by atoms with E-state index < -0.39 is 0 Å². The van der Waals surface area contributed by atoms with Gasteiger partial charge in [-0.1, -0.05) is 5.16 Å². The van der Waals surface area contributed by atoms with Gasteiger partial charge in [-0.15, -0.1) is 0 Å².